The average molecular weight is 319 g/mol. The first-order chi connectivity index (χ1) is 9.99. The fourth-order valence-electron chi connectivity index (χ4n) is 1.59. The highest BCUT2D eigenvalue weighted by molar-refractivity contribution is 6.32. The number of halogens is 2. The molecule has 0 aliphatic rings. The summed E-state index contributed by atoms with van der Waals surface area (Å²) in [5.74, 6) is -1.64. The minimum atomic E-state index is -0.664. The van der Waals surface area contributed by atoms with E-state index in [1.165, 1.54) is 19.1 Å². The molecule has 1 amide bonds. The molecule has 0 fully saturated rings. The number of pyridine rings is 1. The predicted octanol–water partition coefficient (Wildman–Crippen LogP) is 1.53. The number of amides is 1. The number of hydrogen-bond acceptors (Lipinski definition) is 5. The van der Waals surface area contributed by atoms with Gasteiger partial charge in [0, 0.05) is 20.2 Å². The number of nitrogens with zero attached hydrogens (tertiary/aromatic N) is 2. The van der Waals surface area contributed by atoms with Crippen LogP contribution in [-0.4, -0.2) is 55.7 Å². The van der Waals surface area contributed by atoms with Crippen molar-refractivity contribution in [3.8, 4) is 0 Å². The van der Waals surface area contributed by atoms with Crippen LogP contribution in [0, 0.1) is 5.82 Å². The molecule has 0 radical (unpaired) electrons. The second kappa shape index (κ2) is 8.53. The van der Waals surface area contributed by atoms with Crippen molar-refractivity contribution < 1.29 is 23.5 Å². The molecular formula is C13H16ClFN2O4. The lowest BCUT2D eigenvalue weighted by Gasteiger charge is -2.22. The molecule has 0 saturated carbocycles. The van der Waals surface area contributed by atoms with Crippen molar-refractivity contribution in [1.82, 2.24) is 9.88 Å². The van der Waals surface area contributed by atoms with Gasteiger partial charge in [0.2, 0.25) is 0 Å². The Morgan fingerprint density at radius 2 is 2.10 bits per heavy atom. The smallest absolute Gasteiger partial charge is 0.307 e. The standard InChI is InChI=1S/C13H16ClFN2O4/c1-20-6-5-17(4-3-11(18)21-2)13(19)10-7-9(15)8-16-12(10)14/h7-8H,3-6H2,1-2H3. The van der Waals surface area contributed by atoms with E-state index in [1.54, 1.807) is 0 Å². The quantitative estimate of drug-likeness (QED) is 0.563. The van der Waals surface area contributed by atoms with Crippen LogP contribution in [0.5, 0.6) is 0 Å². The van der Waals surface area contributed by atoms with Crippen LogP contribution < -0.4 is 0 Å². The summed E-state index contributed by atoms with van der Waals surface area (Å²) in [5, 5.41) is -0.0955. The molecule has 0 bridgehead atoms. The first kappa shape index (κ1) is 17.3. The van der Waals surface area contributed by atoms with Gasteiger partial charge in [-0.05, 0) is 6.07 Å². The molecule has 1 aromatic heterocycles. The van der Waals surface area contributed by atoms with Crippen LogP contribution in [0.3, 0.4) is 0 Å². The highest BCUT2D eigenvalue weighted by atomic mass is 35.5. The van der Waals surface area contributed by atoms with E-state index < -0.39 is 17.7 Å². The van der Waals surface area contributed by atoms with Crippen LogP contribution in [0.25, 0.3) is 0 Å². The summed E-state index contributed by atoms with van der Waals surface area (Å²) in [7, 11) is 2.75. The number of hydrogen-bond donors (Lipinski definition) is 0. The first-order valence-electron chi connectivity index (χ1n) is 6.15. The molecule has 21 heavy (non-hydrogen) atoms. The van der Waals surface area contributed by atoms with Crippen molar-refractivity contribution in [2.75, 3.05) is 33.9 Å². The summed E-state index contributed by atoms with van der Waals surface area (Å²) < 4.78 is 22.6. The van der Waals surface area contributed by atoms with Crippen LogP contribution in [0.2, 0.25) is 5.15 Å². The highest BCUT2D eigenvalue weighted by Gasteiger charge is 2.20. The molecular weight excluding hydrogens is 303 g/mol. The zero-order chi connectivity index (χ0) is 15.8. The summed E-state index contributed by atoms with van der Waals surface area (Å²) in [5.41, 5.74) is -0.0577. The Morgan fingerprint density at radius 1 is 1.38 bits per heavy atom. The Hall–Kier alpha value is -1.73. The van der Waals surface area contributed by atoms with Gasteiger partial charge in [-0.2, -0.15) is 0 Å². The number of ether oxygens (including phenoxy) is 2. The van der Waals surface area contributed by atoms with E-state index in [0.29, 0.717) is 0 Å². The van der Waals surface area contributed by atoms with Crippen LogP contribution in [0.4, 0.5) is 4.39 Å². The largest absolute Gasteiger partial charge is 0.469 e. The number of carbonyl (C=O) groups excluding carboxylic acids is 2. The Balaban J connectivity index is 2.87. The van der Waals surface area contributed by atoms with Crippen molar-refractivity contribution >= 4 is 23.5 Å². The highest BCUT2D eigenvalue weighted by Crippen LogP contribution is 2.16. The summed E-state index contributed by atoms with van der Waals surface area (Å²) in [6.07, 6.45) is 0.944. The number of esters is 1. The number of aromatic nitrogens is 1. The van der Waals surface area contributed by atoms with E-state index >= 15 is 0 Å². The fraction of sp³-hybridized carbons (Fsp3) is 0.462. The second-order valence-electron chi connectivity index (χ2n) is 4.10. The van der Waals surface area contributed by atoms with Gasteiger partial charge in [0.05, 0.1) is 31.9 Å². The van der Waals surface area contributed by atoms with Gasteiger partial charge in [0.25, 0.3) is 5.91 Å². The lowest BCUT2D eigenvalue weighted by molar-refractivity contribution is -0.140. The fourth-order valence-corrected chi connectivity index (χ4v) is 1.77. The zero-order valence-corrected chi connectivity index (χ0v) is 12.5. The molecule has 0 aromatic carbocycles. The molecule has 1 aromatic rings. The maximum absolute atomic E-state index is 13.2. The Kier molecular flexibility index (Phi) is 7.04. The minimum Gasteiger partial charge on any atom is -0.469 e. The van der Waals surface area contributed by atoms with Gasteiger partial charge in [0.15, 0.2) is 0 Å². The molecule has 0 aliphatic heterocycles. The Bertz CT molecular complexity index is 513. The summed E-state index contributed by atoms with van der Waals surface area (Å²) in [6.45, 7) is 0.619. The SMILES string of the molecule is COCCN(CCC(=O)OC)C(=O)c1cc(F)cnc1Cl. The molecule has 0 spiro atoms. The molecule has 0 unspecified atom stereocenters. The monoisotopic (exact) mass is 318 g/mol. The van der Waals surface area contributed by atoms with Crippen LogP contribution >= 0.6 is 11.6 Å². The van der Waals surface area contributed by atoms with Crippen molar-refractivity contribution in [2.24, 2.45) is 0 Å². The Labute approximate surface area is 126 Å². The normalized spacial score (nSPS) is 10.3. The molecule has 0 atom stereocenters. The van der Waals surface area contributed by atoms with Gasteiger partial charge in [-0.15, -0.1) is 0 Å². The topological polar surface area (TPSA) is 68.7 Å². The second-order valence-corrected chi connectivity index (χ2v) is 4.46. The summed E-state index contributed by atoms with van der Waals surface area (Å²) in [4.78, 5) is 28.5. The van der Waals surface area contributed by atoms with E-state index in [9.17, 15) is 14.0 Å². The molecule has 0 saturated heterocycles. The van der Waals surface area contributed by atoms with Gasteiger partial charge in [-0.25, -0.2) is 9.37 Å². The van der Waals surface area contributed by atoms with Gasteiger partial charge in [0.1, 0.15) is 11.0 Å². The average Bonchev–Trinajstić information content (AvgIpc) is 2.48. The van der Waals surface area contributed by atoms with Gasteiger partial charge in [-0.1, -0.05) is 11.6 Å². The maximum atomic E-state index is 13.2. The van der Waals surface area contributed by atoms with Crippen molar-refractivity contribution in [3.63, 3.8) is 0 Å². The third-order valence-corrected chi connectivity index (χ3v) is 3.00. The Morgan fingerprint density at radius 3 is 2.71 bits per heavy atom. The molecule has 0 N–H and O–H groups in total. The molecule has 8 heteroatoms. The van der Waals surface area contributed by atoms with Crippen LogP contribution in [-0.2, 0) is 14.3 Å². The summed E-state index contributed by atoms with van der Waals surface area (Å²) >= 11 is 5.81. The number of rotatable bonds is 7. The van der Waals surface area contributed by atoms with E-state index in [0.717, 1.165) is 12.3 Å². The lowest BCUT2D eigenvalue weighted by Crippen LogP contribution is -2.36. The number of methoxy groups -OCH3 is 2. The van der Waals surface area contributed by atoms with Crippen molar-refractivity contribution in [1.29, 1.82) is 0 Å². The number of carbonyl (C=O) groups is 2. The molecule has 116 valence electrons. The van der Waals surface area contributed by atoms with Crippen molar-refractivity contribution in [3.05, 3.63) is 28.8 Å². The molecule has 1 heterocycles. The van der Waals surface area contributed by atoms with Crippen molar-refractivity contribution in [2.45, 2.75) is 6.42 Å². The van der Waals surface area contributed by atoms with Gasteiger partial charge < -0.3 is 14.4 Å². The minimum absolute atomic E-state index is 0.0202. The lowest BCUT2D eigenvalue weighted by atomic mass is 10.2. The van der Waals surface area contributed by atoms with E-state index in [-0.39, 0.29) is 36.8 Å². The van der Waals surface area contributed by atoms with Crippen LogP contribution in [0.1, 0.15) is 16.8 Å². The van der Waals surface area contributed by atoms with E-state index in [2.05, 4.69) is 9.72 Å². The molecule has 1 rings (SSSR count). The van der Waals surface area contributed by atoms with Gasteiger partial charge >= 0.3 is 5.97 Å². The molecule has 0 aliphatic carbocycles. The van der Waals surface area contributed by atoms with E-state index in [4.69, 9.17) is 16.3 Å². The van der Waals surface area contributed by atoms with Gasteiger partial charge in [-0.3, -0.25) is 9.59 Å². The molecule has 6 nitrogen and oxygen atoms in total. The van der Waals surface area contributed by atoms with E-state index in [1.807, 2.05) is 0 Å². The predicted molar refractivity (Wildman–Crippen MR) is 73.6 cm³/mol. The third-order valence-electron chi connectivity index (χ3n) is 2.70. The summed E-state index contributed by atoms with van der Waals surface area (Å²) in [6, 6.07) is 1.01. The first-order valence-corrected chi connectivity index (χ1v) is 6.53. The third kappa shape index (κ3) is 5.28. The van der Waals surface area contributed by atoms with Crippen LogP contribution in [0.15, 0.2) is 12.3 Å². The zero-order valence-electron chi connectivity index (χ0n) is 11.8. The maximum Gasteiger partial charge on any atom is 0.307 e.